The van der Waals surface area contributed by atoms with E-state index in [1.165, 1.54) is 18.6 Å². The normalized spacial score (nSPS) is 16.5. The molecule has 2 aliphatic rings. The number of anilines is 1. The second-order valence-electron chi connectivity index (χ2n) is 10.3. The zero-order chi connectivity index (χ0) is 28.3. The molecule has 12 nitrogen and oxygen atoms in total. The van der Waals surface area contributed by atoms with Crippen LogP contribution in [0, 0.1) is 5.92 Å². The number of amides is 2. The maximum Gasteiger partial charge on any atom is 0.343 e. The molecule has 214 valence electrons. The summed E-state index contributed by atoms with van der Waals surface area (Å²) in [5.74, 6) is -0.119. The van der Waals surface area contributed by atoms with Gasteiger partial charge >= 0.3 is 11.7 Å². The number of carbonyl (C=O) groups excluding carboxylic acids is 1. The van der Waals surface area contributed by atoms with Crippen LogP contribution in [0.5, 0.6) is 5.75 Å². The molecule has 1 saturated heterocycles. The van der Waals surface area contributed by atoms with E-state index in [0.29, 0.717) is 49.5 Å². The molecule has 0 spiro atoms. The quantitative estimate of drug-likeness (QED) is 0.269. The van der Waals surface area contributed by atoms with Gasteiger partial charge in [0.1, 0.15) is 11.5 Å². The van der Waals surface area contributed by atoms with E-state index in [0.717, 1.165) is 25.9 Å². The summed E-state index contributed by atoms with van der Waals surface area (Å²) in [5.41, 5.74) is 0.589. The second kappa shape index (κ2) is 11.7. The zero-order valence-corrected chi connectivity index (χ0v) is 23.1. The fourth-order valence-electron chi connectivity index (χ4n) is 5.02. The van der Waals surface area contributed by atoms with Crippen LogP contribution in [0.25, 0.3) is 0 Å². The summed E-state index contributed by atoms with van der Waals surface area (Å²) in [4.78, 5) is 31.0. The fraction of sp³-hybridized carbons (Fsp3) is 0.444. The Hall–Kier alpha value is -3.84. The zero-order valence-electron chi connectivity index (χ0n) is 22.3. The summed E-state index contributed by atoms with van der Waals surface area (Å²) < 4.78 is 35.2. The standard InChI is InChI=1S/C27H34N6O6S/c1-32-16-23(30-17-32)40(37,38)31-20-5-2-4-19(14-20)24(18-7-8-18)25-22(34)15-21(39-26(25)35)6-3-9-29-27(36)33-12-10-28-11-13-33/h2,4-5,14-18,24,28,31,34H,3,6-13H2,1H3,(H,29,36). The summed E-state index contributed by atoms with van der Waals surface area (Å²) in [6, 6.07) is 8.19. The molecule has 1 aliphatic heterocycles. The van der Waals surface area contributed by atoms with Gasteiger partial charge in [-0.05, 0) is 42.9 Å². The smallest absolute Gasteiger partial charge is 0.343 e. The Labute approximate surface area is 232 Å². The van der Waals surface area contributed by atoms with Crippen molar-refractivity contribution in [2.45, 2.75) is 36.6 Å². The van der Waals surface area contributed by atoms with Crippen molar-refractivity contribution in [3.05, 3.63) is 70.2 Å². The fourth-order valence-corrected chi connectivity index (χ4v) is 6.05. The van der Waals surface area contributed by atoms with Crippen LogP contribution in [-0.2, 0) is 23.5 Å². The first kappa shape index (κ1) is 27.7. The van der Waals surface area contributed by atoms with E-state index in [1.807, 2.05) is 6.07 Å². The third-order valence-corrected chi connectivity index (χ3v) is 8.42. The molecule has 5 rings (SSSR count). The highest BCUT2D eigenvalue weighted by atomic mass is 32.2. The SMILES string of the molecule is Cn1cnc(S(=O)(=O)Nc2cccc(C(c3c(O)cc(CCCNC(=O)N4CCNCC4)oc3=O)C3CC3)c2)c1. The molecule has 1 atom stereocenters. The number of aryl methyl sites for hydroxylation is 2. The molecule has 1 aromatic carbocycles. The van der Waals surface area contributed by atoms with E-state index in [9.17, 15) is 23.1 Å². The summed E-state index contributed by atoms with van der Waals surface area (Å²) in [6.07, 6.45) is 5.49. The van der Waals surface area contributed by atoms with Crippen molar-refractivity contribution in [3.63, 3.8) is 0 Å². The van der Waals surface area contributed by atoms with E-state index in [-0.39, 0.29) is 28.3 Å². The van der Waals surface area contributed by atoms with Gasteiger partial charge in [-0.3, -0.25) is 4.72 Å². The third kappa shape index (κ3) is 6.48. The van der Waals surface area contributed by atoms with E-state index in [2.05, 4.69) is 20.3 Å². The minimum Gasteiger partial charge on any atom is -0.507 e. The summed E-state index contributed by atoms with van der Waals surface area (Å²) in [5, 5.41) is 16.9. The third-order valence-electron chi connectivity index (χ3n) is 7.16. The highest BCUT2D eigenvalue weighted by molar-refractivity contribution is 7.92. The monoisotopic (exact) mass is 570 g/mol. The van der Waals surface area contributed by atoms with Crippen LogP contribution in [0.4, 0.5) is 10.5 Å². The lowest BCUT2D eigenvalue weighted by Gasteiger charge is -2.27. The predicted molar refractivity (Wildman–Crippen MR) is 148 cm³/mol. The number of piperazine rings is 1. The maximum atomic E-state index is 13.1. The van der Waals surface area contributed by atoms with Crippen LogP contribution < -0.4 is 21.0 Å². The first-order chi connectivity index (χ1) is 19.2. The molecule has 1 aliphatic carbocycles. The van der Waals surface area contributed by atoms with E-state index < -0.39 is 21.6 Å². The average molecular weight is 571 g/mol. The van der Waals surface area contributed by atoms with Gasteiger partial charge < -0.3 is 29.6 Å². The lowest BCUT2D eigenvalue weighted by molar-refractivity contribution is 0.190. The Morgan fingerprint density at radius 3 is 2.70 bits per heavy atom. The molecule has 1 saturated carbocycles. The minimum absolute atomic E-state index is 0.101. The molecule has 1 unspecified atom stereocenters. The number of imidazole rings is 1. The molecule has 4 N–H and O–H groups in total. The van der Waals surface area contributed by atoms with Crippen molar-refractivity contribution in [1.29, 1.82) is 0 Å². The van der Waals surface area contributed by atoms with Gasteiger partial charge in [0.15, 0.2) is 5.03 Å². The van der Waals surface area contributed by atoms with E-state index in [4.69, 9.17) is 4.42 Å². The number of hydrogen-bond acceptors (Lipinski definition) is 8. The second-order valence-corrected chi connectivity index (χ2v) is 11.9. The lowest BCUT2D eigenvalue weighted by atomic mass is 9.87. The van der Waals surface area contributed by atoms with Crippen LogP contribution in [0.1, 0.15) is 42.1 Å². The molecule has 13 heteroatoms. The van der Waals surface area contributed by atoms with Crippen molar-refractivity contribution < 1.29 is 22.7 Å². The summed E-state index contributed by atoms with van der Waals surface area (Å²) in [7, 11) is -2.21. The van der Waals surface area contributed by atoms with Crippen LogP contribution in [0.3, 0.4) is 0 Å². The van der Waals surface area contributed by atoms with Crippen molar-refractivity contribution in [2.24, 2.45) is 13.0 Å². The summed E-state index contributed by atoms with van der Waals surface area (Å²) in [6.45, 7) is 3.30. The Morgan fingerprint density at radius 1 is 1.25 bits per heavy atom. The van der Waals surface area contributed by atoms with Gasteiger partial charge in [-0.25, -0.2) is 14.6 Å². The molecule has 3 aromatic rings. The van der Waals surface area contributed by atoms with Crippen molar-refractivity contribution in [1.82, 2.24) is 25.1 Å². The largest absolute Gasteiger partial charge is 0.507 e. The van der Waals surface area contributed by atoms with E-state index >= 15 is 0 Å². The van der Waals surface area contributed by atoms with Gasteiger partial charge in [0.2, 0.25) is 0 Å². The molecule has 3 heterocycles. The Morgan fingerprint density at radius 2 is 2.02 bits per heavy atom. The molecule has 2 amide bonds. The van der Waals surface area contributed by atoms with Gasteiger partial charge in [-0.15, -0.1) is 0 Å². The number of rotatable bonds is 10. The van der Waals surface area contributed by atoms with Gasteiger partial charge in [0, 0.05) is 70.1 Å². The number of nitrogens with one attached hydrogen (secondary N) is 3. The first-order valence-electron chi connectivity index (χ1n) is 13.4. The van der Waals surface area contributed by atoms with Gasteiger partial charge in [0.05, 0.1) is 11.9 Å². The highest BCUT2D eigenvalue weighted by Crippen LogP contribution is 2.48. The number of aromatic hydroxyl groups is 1. The number of nitrogens with zero attached hydrogens (tertiary/aromatic N) is 3. The number of urea groups is 1. The van der Waals surface area contributed by atoms with Crippen molar-refractivity contribution in [2.75, 3.05) is 37.4 Å². The topological polar surface area (TPSA) is 159 Å². The lowest BCUT2D eigenvalue weighted by Crippen LogP contribution is -2.50. The molecule has 0 bridgehead atoms. The number of aromatic nitrogens is 2. The maximum absolute atomic E-state index is 13.1. The Bertz CT molecular complexity index is 1520. The number of carbonyl (C=O) groups is 1. The van der Waals surface area contributed by atoms with Crippen LogP contribution >= 0.6 is 0 Å². The molecule has 0 radical (unpaired) electrons. The van der Waals surface area contributed by atoms with Gasteiger partial charge in [-0.2, -0.15) is 8.42 Å². The number of benzene rings is 1. The van der Waals surface area contributed by atoms with Crippen molar-refractivity contribution >= 4 is 21.7 Å². The number of sulfonamides is 1. The summed E-state index contributed by atoms with van der Waals surface area (Å²) >= 11 is 0. The van der Waals surface area contributed by atoms with Crippen LogP contribution in [0.2, 0.25) is 0 Å². The highest BCUT2D eigenvalue weighted by Gasteiger charge is 2.37. The Kier molecular flexibility index (Phi) is 8.12. The molecule has 2 fully saturated rings. The van der Waals surface area contributed by atoms with E-state index in [1.54, 1.807) is 34.7 Å². The van der Waals surface area contributed by atoms with Crippen LogP contribution in [0.15, 0.2) is 57.1 Å². The average Bonchev–Trinajstić information content (AvgIpc) is 3.66. The molecular weight excluding hydrogens is 536 g/mol. The molecule has 2 aromatic heterocycles. The Balaban J connectivity index is 1.28. The van der Waals surface area contributed by atoms with Gasteiger partial charge in [0.25, 0.3) is 10.0 Å². The number of hydrogen-bond donors (Lipinski definition) is 4. The van der Waals surface area contributed by atoms with Crippen molar-refractivity contribution in [3.8, 4) is 5.75 Å². The van der Waals surface area contributed by atoms with Gasteiger partial charge in [-0.1, -0.05) is 12.1 Å². The molecule has 40 heavy (non-hydrogen) atoms. The van der Waals surface area contributed by atoms with Crippen LogP contribution in [-0.4, -0.2) is 66.7 Å². The first-order valence-corrected chi connectivity index (χ1v) is 14.9. The molecular formula is C27H34N6O6S. The predicted octanol–water partition coefficient (Wildman–Crippen LogP) is 1.97. The minimum atomic E-state index is -3.89.